The van der Waals surface area contributed by atoms with E-state index in [1.807, 2.05) is 19.1 Å². The summed E-state index contributed by atoms with van der Waals surface area (Å²) in [7, 11) is 0. The normalized spacial score (nSPS) is 15.2. The second-order valence-electron chi connectivity index (χ2n) is 8.03. The summed E-state index contributed by atoms with van der Waals surface area (Å²) in [4.78, 5) is 39.1. The third kappa shape index (κ3) is 4.49. The zero-order chi connectivity index (χ0) is 23.4. The van der Waals surface area contributed by atoms with Crippen molar-refractivity contribution >= 4 is 34.2 Å². The molecule has 9 heteroatoms. The quantitative estimate of drug-likeness (QED) is 0.560. The second kappa shape index (κ2) is 9.72. The van der Waals surface area contributed by atoms with E-state index in [2.05, 4.69) is 16.0 Å². The molecule has 8 nitrogen and oxygen atoms in total. The summed E-state index contributed by atoms with van der Waals surface area (Å²) in [6, 6.07) is 13.9. The molecule has 172 valence electrons. The van der Waals surface area contributed by atoms with Crippen LogP contribution in [0, 0.1) is 0 Å². The van der Waals surface area contributed by atoms with Crippen LogP contribution in [0.3, 0.4) is 0 Å². The topological polar surface area (TPSA) is 102 Å². The van der Waals surface area contributed by atoms with Crippen molar-refractivity contribution in [1.82, 2.24) is 20.6 Å². The van der Waals surface area contributed by atoms with Gasteiger partial charge in [-0.2, -0.15) is 5.10 Å². The summed E-state index contributed by atoms with van der Waals surface area (Å²) in [6.07, 6.45) is 1.63. The van der Waals surface area contributed by atoms with E-state index >= 15 is 0 Å². The molecule has 2 heterocycles. The van der Waals surface area contributed by atoms with Gasteiger partial charge in [-0.3, -0.25) is 25.2 Å². The van der Waals surface area contributed by atoms with E-state index in [0.29, 0.717) is 54.8 Å². The van der Waals surface area contributed by atoms with Crippen molar-refractivity contribution in [3.05, 3.63) is 75.2 Å². The number of hydrazine groups is 1. The molecule has 2 aromatic carbocycles. The number of aryl methyl sites for hydroxylation is 1. The van der Waals surface area contributed by atoms with Gasteiger partial charge in [0.25, 0.3) is 11.5 Å². The minimum absolute atomic E-state index is 0.0754. The van der Waals surface area contributed by atoms with E-state index < -0.39 is 11.3 Å². The van der Waals surface area contributed by atoms with Crippen molar-refractivity contribution in [3.8, 4) is 0 Å². The molecule has 0 bridgehead atoms. The molecule has 0 atom stereocenters. The minimum Gasteiger partial charge on any atom is -0.381 e. The van der Waals surface area contributed by atoms with Crippen molar-refractivity contribution in [1.29, 1.82) is 0 Å². The van der Waals surface area contributed by atoms with Gasteiger partial charge in [-0.15, -0.1) is 0 Å². The number of carbonyl (C=O) groups excluding carboxylic acids is 2. The van der Waals surface area contributed by atoms with Crippen molar-refractivity contribution in [2.24, 2.45) is 0 Å². The van der Waals surface area contributed by atoms with Crippen LogP contribution in [0.1, 0.15) is 42.2 Å². The number of nitrogens with one attached hydrogen (secondary N) is 2. The van der Waals surface area contributed by atoms with Gasteiger partial charge in [-0.25, -0.2) is 4.68 Å². The van der Waals surface area contributed by atoms with Gasteiger partial charge in [0.2, 0.25) is 5.91 Å². The van der Waals surface area contributed by atoms with Crippen LogP contribution < -0.4 is 16.4 Å². The highest BCUT2D eigenvalue weighted by molar-refractivity contribution is 6.30. The molecular weight excluding hydrogens is 444 g/mol. The van der Waals surface area contributed by atoms with Crippen molar-refractivity contribution in [2.75, 3.05) is 13.2 Å². The summed E-state index contributed by atoms with van der Waals surface area (Å²) < 4.78 is 6.76. The highest BCUT2D eigenvalue weighted by atomic mass is 35.5. The van der Waals surface area contributed by atoms with E-state index in [1.165, 1.54) is 4.68 Å². The van der Waals surface area contributed by atoms with E-state index in [0.717, 1.165) is 5.56 Å². The summed E-state index contributed by atoms with van der Waals surface area (Å²) in [5.74, 6) is -0.935. The van der Waals surface area contributed by atoms with Gasteiger partial charge in [0.1, 0.15) is 0 Å². The number of amides is 2. The molecule has 0 saturated carbocycles. The van der Waals surface area contributed by atoms with Crippen LogP contribution in [-0.2, 0) is 21.5 Å². The third-order valence-electron chi connectivity index (χ3n) is 5.99. The number of rotatable bonds is 5. The first-order valence-electron chi connectivity index (χ1n) is 10.9. The molecule has 2 amide bonds. The van der Waals surface area contributed by atoms with Gasteiger partial charge in [0, 0.05) is 30.2 Å². The van der Waals surface area contributed by atoms with Crippen LogP contribution in [0.4, 0.5) is 0 Å². The van der Waals surface area contributed by atoms with Crippen LogP contribution >= 0.6 is 11.6 Å². The van der Waals surface area contributed by atoms with Gasteiger partial charge in [0.05, 0.1) is 10.8 Å². The fraction of sp³-hybridized carbons (Fsp3) is 0.333. The Morgan fingerprint density at radius 2 is 1.73 bits per heavy atom. The van der Waals surface area contributed by atoms with Gasteiger partial charge >= 0.3 is 0 Å². The van der Waals surface area contributed by atoms with Gasteiger partial charge in [-0.05, 0) is 43.0 Å². The average molecular weight is 469 g/mol. The van der Waals surface area contributed by atoms with Crippen LogP contribution in [0.5, 0.6) is 0 Å². The molecule has 0 spiro atoms. The van der Waals surface area contributed by atoms with Gasteiger partial charge < -0.3 is 4.74 Å². The standard InChI is InChI=1S/C24H25ClN4O4/c1-2-13-29-22(31)19-6-4-3-5-18(19)20(28-29)21(30)26-27-23(32)24(11-14-33-15-12-24)16-7-9-17(25)10-8-16/h3-10H,2,11-15H2,1H3,(H,26,30)(H,27,32). The van der Waals surface area contributed by atoms with Gasteiger partial charge in [0.15, 0.2) is 5.69 Å². The number of hydrogen-bond donors (Lipinski definition) is 2. The predicted octanol–water partition coefficient (Wildman–Crippen LogP) is 2.97. The molecule has 0 unspecified atom stereocenters. The Bertz CT molecular complexity index is 1230. The number of carbonyl (C=O) groups is 2. The largest absolute Gasteiger partial charge is 0.381 e. The van der Waals surface area contributed by atoms with E-state index in [1.54, 1.807) is 36.4 Å². The van der Waals surface area contributed by atoms with Gasteiger partial charge in [-0.1, -0.05) is 48.9 Å². The maximum Gasteiger partial charge on any atom is 0.290 e. The summed E-state index contributed by atoms with van der Waals surface area (Å²) in [5, 5.41) is 5.68. The number of fused-ring (bicyclic) bond motifs is 1. The number of ether oxygens (including phenoxy) is 1. The zero-order valence-electron chi connectivity index (χ0n) is 18.3. The molecule has 1 aromatic heterocycles. The number of hydrogen-bond acceptors (Lipinski definition) is 5. The molecule has 4 rings (SSSR count). The zero-order valence-corrected chi connectivity index (χ0v) is 19.0. The molecule has 1 aliphatic heterocycles. The summed E-state index contributed by atoms with van der Waals surface area (Å²) in [5.41, 5.74) is 4.86. The van der Waals surface area contributed by atoms with E-state index in [9.17, 15) is 14.4 Å². The van der Waals surface area contributed by atoms with Crippen LogP contribution in [0.2, 0.25) is 5.02 Å². The average Bonchev–Trinajstić information content (AvgIpc) is 2.85. The number of halogens is 1. The maximum atomic E-state index is 13.3. The highest BCUT2D eigenvalue weighted by Crippen LogP contribution is 2.35. The SMILES string of the molecule is CCCn1nc(C(=O)NNC(=O)C2(c3ccc(Cl)cc3)CCOCC2)c2ccccc2c1=O. The van der Waals surface area contributed by atoms with E-state index in [4.69, 9.17) is 16.3 Å². The molecule has 33 heavy (non-hydrogen) atoms. The Hall–Kier alpha value is -3.23. The Morgan fingerprint density at radius 1 is 1.06 bits per heavy atom. The smallest absolute Gasteiger partial charge is 0.290 e. The molecule has 2 N–H and O–H groups in total. The van der Waals surface area contributed by atoms with Crippen molar-refractivity contribution in [2.45, 2.75) is 38.1 Å². The number of aromatic nitrogens is 2. The van der Waals surface area contributed by atoms with Crippen LogP contribution in [-0.4, -0.2) is 34.8 Å². The lowest BCUT2D eigenvalue weighted by Gasteiger charge is -2.36. The Balaban J connectivity index is 1.61. The Morgan fingerprint density at radius 3 is 2.39 bits per heavy atom. The Labute approximate surface area is 195 Å². The molecule has 1 aliphatic rings. The third-order valence-corrected chi connectivity index (χ3v) is 6.24. The molecule has 1 fully saturated rings. The Kier molecular flexibility index (Phi) is 6.76. The fourth-order valence-electron chi connectivity index (χ4n) is 4.19. The van der Waals surface area contributed by atoms with Crippen molar-refractivity contribution < 1.29 is 14.3 Å². The highest BCUT2D eigenvalue weighted by Gasteiger charge is 2.42. The number of benzene rings is 2. The minimum atomic E-state index is -0.855. The summed E-state index contributed by atoms with van der Waals surface area (Å²) in [6.45, 7) is 3.17. The molecule has 0 aliphatic carbocycles. The lowest BCUT2D eigenvalue weighted by Crippen LogP contribution is -2.53. The van der Waals surface area contributed by atoms with E-state index in [-0.39, 0.29) is 17.2 Å². The maximum absolute atomic E-state index is 13.3. The molecule has 1 saturated heterocycles. The van der Waals surface area contributed by atoms with Crippen LogP contribution in [0.15, 0.2) is 53.3 Å². The first-order valence-corrected chi connectivity index (χ1v) is 11.3. The predicted molar refractivity (Wildman–Crippen MR) is 125 cm³/mol. The first-order chi connectivity index (χ1) is 16.0. The fourth-order valence-corrected chi connectivity index (χ4v) is 4.32. The molecule has 3 aromatic rings. The molecule has 0 radical (unpaired) electrons. The first kappa shape index (κ1) is 22.9. The lowest BCUT2D eigenvalue weighted by molar-refractivity contribution is -0.131. The van der Waals surface area contributed by atoms with Crippen LogP contribution in [0.25, 0.3) is 10.8 Å². The monoisotopic (exact) mass is 468 g/mol. The lowest BCUT2D eigenvalue weighted by atomic mass is 9.73. The number of nitrogens with zero attached hydrogens (tertiary/aromatic N) is 2. The molecular formula is C24H25ClN4O4. The second-order valence-corrected chi connectivity index (χ2v) is 8.47. The van der Waals surface area contributed by atoms with Crippen molar-refractivity contribution in [3.63, 3.8) is 0 Å². The summed E-state index contributed by atoms with van der Waals surface area (Å²) >= 11 is 6.03.